The first-order chi connectivity index (χ1) is 15.7. The van der Waals surface area contributed by atoms with Crippen molar-refractivity contribution in [3.8, 4) is 0 Å². The van der Waals surface area contributed by atoms with E-state index in [-0.39, 0.29) is 11.9 Å². The summed E-state index contributed by atoms with van der Waals surface area (Å²) in [6, 6.07) is 22.6. The van der Waals surface area contributed by atoms with Crippen LogP contribution in [-0.2, 0) is 6.54 Å². The molecular formula is C25H23BrN4OS. The molecule has 0 saturated carbocycles. The number of nitrogens with one attached hydrogen (secondary N) is 1. The van der Waals surface area contributed by atoms with Gasteiger partial charge in [0.2, 0.25) is 0 Å². The maximum Gasteiger partial charge on any atom is 0.274 e. The van der Waals surface area contributed by atoms with E-state index >= 15 is 0 Å². The average molecular weight is 507 g/mol. The Morgan fingerprint density at radius 1 is 1.12 bits per heavy atom. The summed E-state index contributed by atoms with van der Waals surface area (Å²) in [6.07, 6.45) is 4.14. The smallest absolute Gasteiger partial charge is 0.274 e. The molecule has 0 aliphatic carbocycles. The molecule has 32 heavy (non-hydrogen) atoms. The number of carbonyl (C=O) groups is 1. The highest BCUT2D eigenvalue weighted by atomic mass is 79.9. The van der Waals surface area contributed by atoms with Crippen LogP contribution in [0.4, 0.5) is 10.8 Å². The zero-order valence-electron chi connectivity index (χ0n) is 17.4. The Balaban J connectivity index is 1.29. The molecule has 1 amide bonds. The van der Waals surface area contributed by atoms with E-state index in [2.05, 4.69) is 67.9 Å². The Morgan fingerprint density at radius 3 is 2.84 bits per heavy atom. The van der Waals surface area contributed by atoms with E-state index in [4.69, 9.17) is 4.98 Å². The molecule has 0 spiro atoms. The molecular weight excluding hydrogens is 484 g/mol. The summed E-state index contributed by atoms with van der Waals surface area (Å²) < 4.78 is 2.99. The largest absolute Gasteiger partial charge is 0.363 e. The molecule has 0 radical (unpaired) electrons. The second kappa shape index (κ2) is 9.30. The van der Waals surface area contributed by atoms with E-state index in [0.717, 1.165) is 35.1 Å². The number of amides is 1. The number of benzene rings is 2. The average Bonchev–Trinajstić information content (AvgIpc) is 3.55. The molecule has 3 heterocycles. The van der Waals surface area contributed by atoms with Crippen molar-refractivity contribution in [3.63, 3.8) is 0 Å². The van der Waals surface area contributed by atoms with Crippen LogP contribution in [0.5, 0.6) is 0 Å². The fraction of sp³-hybridized carbons (Fsp3) is 0.200. The van der Waals surface area contributed by atoms with E-state index in [0.29, 0.717) is 17.4 Å². The van der Waals surface area contributed by atoms with Crippen LogP contribution in [0, 0.1) is 0 Å². The molecule has 1 unspecified atom stereocenters. The van der Waals surface area contributed by atoms with Gasteiger partial charge >= 0.3 is 0 Å². The number of thiazole rings is 1. The quantitative estimate of drug-likeness (QED) is 0.331. The lowest BCUT2D eigenvalue weighted by Crippen LogP contribution is -2.22. The van der Waals surface area contributed by atoms with Crippen LogP contribution in [-0.4, -0.2) is 22.0 Å². The predicted octanol–water partition coefficient (Wildman–Crippen LogP) is 6.35. The number of aromatic nitrogens is 2. The number of carbonyl (C=O) groups excluding carboxylic acids is 1. The van der Waals surface area contributed by atoms with Gasteiger partial charge in [0.25, 0.3) is 5.91 Å². The minimum absolute atomic E-state index is 0.141. The van der Waals surface area contributed by atoms with Crippen LogP contribution >= 0.6 is 27.3 Å². The number of rotatable bonds is 6. The molecule has 5 nitrogen and oxygen atoms in total. The third kappa shape index (κ3) is 4.49. The van der Waals surface area contributed by atoms with E-state index < -0.39 is 0 Å². The highest BCUT2D eigenvalue weighted by Crippen LogP contribution is 2.37. The van der Waals surface area contributed by atoms with Crippen LogP contribution < -0.4 is 10.2 Å². The first-order valence-corrected chi connectivity index (χ1v) is 12.3. The van der Waals surface area contributed by atoms with Crippen LogP contribution in [0.1, 0.15) is 40.6 Å². The molecule has 4 aromatic rings. The van der Waals surface area contributed by atoms with E-state index in [1.807, 2.05) is 41.1 Å². The SMILES string of the molecule is O=C(Nc1nc(C2CCCN2c2ccccc2)cs1)c1cccn1Cc1cccc(Br)c1. The number of para-hydroxylation sites is 1. The van der Waals surface area contributed by atoms with Gasteiger partial charge in [0.15, 0.2) is 5.13 Å². The monoisotopic (exact) mass is 506 g/mol. The van der Waals surface area contributed by atoms with Gasteiger partial charge in [0.1, 0.15) is 5.69 Å². The Bertz CT molecular complexity index is 1220. The van der Waals surface area contributed by atoms with Gasteiger partial charge in [-0.2, -0.15) is 0 Å². The molecule has 2 aromatic heterocycles. The van der Waals surface area contributed by atoms with Crippen LogP contribution in [0.15, 0.2) is 82.8 Å². The van der Waals surface area contributed by atoms with Crippen molar-refractivity contribution < 1.29 is 4.79 Å². The molecule has 7 heteroatoms. The van der Waals surface area contributed by atoms with Gasteiger partial charge in [0.05, 0.1) is 11.7 Å². The van der Waals surface area contributed by atoms with Crippen molar-refractivity contribution in [2.75, 3.05) is 16.8 Å². The van der Waals surface area contributed by atoms with Crippen molar-refractivity contribution in [1.29, 1.82) is 0 Å². The van der Waals surface area contributed by atoms with Gasteiger partial charge in [-0.05, 0) is 54.8 Å². The van der Waals surface area contributed by atoms with Crippen molar-refractivity contribution in [2.24, 2.45) is 0 Å². The molecule has 1 saturated heterocycles. The summed E-state index contributed by atoms with van der Waals surface area (Å²) in [5.41, 5.74) is 3.99. The lowest BCUT2D eigenvalue weighted by atomic mass is 10.1. The maximum atomic E-state index is 13.0. The summed E-state index contributed by atoms with van der Waals surface area (Å²) in [4.78, 5) is 20.2. The fourth-order valence-corrected chi connectivity index (χ4v) is 5.45. The third-order valence-corrected chi connectivity index (χ3v) is 7.00. The number of anilines is 2. The summed E-state index contributed by atoms with van der Waals surface area (Å²) in [7, 11) is 0. The van der Waals surface area contributed by atoms with Crippen molar-refractivity contribution in [2.45, 2.75) is 25.4 Å². The topological polar surface area (TPSA) is 50.2 Å². The Hall–Kier alpha value is -2.90. The molecule has 1 fully saturated rings. The second-order valence-electron chi connectivity index (χ2n) is 7.87. The van der Waals surface area contributed by atoms with Crippen molar-refractivity contribution in [3.05, 3.63) is 99.7 Å². The first kappa shape index (κ1) is 21.0. The van der Waals surface area contributed by atoms with Gasteiger partial charge in [-0.1, -0.05) is 46.3 Å². The summed E-state index contributed by atoms with van der Waals surface area (Å²) in [5.74, 6) is -0.141. The number of nitrogens with zero attached hydrogens (tertiary/aromatic N) is 3. The molecule has 2 aromatic carbocycles. The highest BCUT2D eigenvalue weighted by molar-refractivity contribution is 9.10. The third-order valence-electron chi connectivity index (χ3n) is 5.73. The zero-order valence-corrected chi connectivity index (χ0v) is 19.8. The first-order valence-electron chi connectivity index (χ1n) is 10.7. The van der Waals surface area contributed by atoms with Gasteiger partial charge in [-0.3, -0.25) is 10.1 Å². The minimum atomic E-state index is -0.141. The molecule has 1 atom stereocenters. The Kier molecular flexibility index (Phi) is 6.10. The van der Waals surface area contributed by atoms with Gasteiger partial charge < -0.3 is 9.47 Å². The van der Waals surface area contributed by atoms with Gasteiger partial charge in [-0.15, -0.1) is 11.3 Å². The number of hydrogen-bond acceptors (Lipinski definition) is 4. The number of hydrogen-bond donors (Lipinski definition) is 1. The molecule has 0 bridgehead atoms. The lowest BCUT2D eigenvalue weighted by Gasteiger charge is -2.25. The van der Waals surface area contributed by atoms with Crippen molar-refractivity contribution >= 4 is 44.0 Å². The summed E-state index contributed by atoms with van der Waals surface area (Å²) >= 11 is 4.99. The zero-order chi connectivity index (χ0) is 21.9. The number of halogens is 1. The Labute approximate surface area is 199 Å². The summed E-state index contributed by atoms with van der Waals surface area (Å²) in [6.45, 7) is 1.66. The van der Waals surface area contributed by atoms with Crippen molar-refractivity contribution in [1.82, 2.24) is 9.55 Å². The predicted molar refractivity (Wildman–Crippen MR) is 134 cm³/mol. The van der Waals surface area contributed by atoms with Crippen LogP contribution in [0.25, 0.3) is 0 Å². The molecule has 1 aliphatic rings. The summed E-state index contributed by atoms with van der Waals surface area (Å²) in [5, 5.41) is 5.71. The highest BCUT2D eigenvalue weighted by Gasteiger charge is 2.28. The molecule has 1 aliphatic heterocycles. The maximum absolute atomic E-state index is 13.0. The molecule has 5 rings (SSSR count). The van der Waals surface area contributed by atoms with Gasteiger partial charge in [-0.25, -0.2) is 4.98 Å². The fourth-order valence-electron chi connectivity index (χ4n) is 4.25. The standard InChI is InChI=1S/C25H23BrN4OS/c26-19-8-4-7-18(15-19)16-29-13-5-12-23(29)24(31)28-25-27-21(17-32-25)22-11-6-14-30(22)20-9-2-1-3-10-20/h1-5,7-10,12-13,15,17,22H,6,11,14,16H2,(H,27,28,31). The van der Waals surface area contributed by atoms with Crippen LogP contribution in [0.3, 0.4) is 0 Å². The van der Waals surface area contributed by atoms with Gasteiger partial charge in [0, 0.05) is 34.8 Å². The lowest BCUT2D eigenvalue weighted by molar-refractivity contribution is 0.101. The van der Waals surface area contributed by atoms with Crippen LogP contribution in [0.2, 0.25) is 0 Å². The Morgan fingerprint density at radius 2 is 2.00 bits per heavy atom. The molecule has 162 valence electrons. The minimum Gasteiger partial charge on any atom is -0.363 e. The van der Waals surface area contributed by atoms with E-state index in [9.17, 15) is 4.79 Å². The normalized spacial score (nSPS) is 15.8. The van der Waals surface area contributed by atoms with E-state index in [1.165, 1.54) is 17.0 Å². The second-order valence-corrected chi connectivity index (χ2v) is 9.64. The molecule has 1 N–H and O–H groups in total. The van der Waals surface area contributed by atoms with E-state index in [1.54, 1.807) is 0 Å².